The lowest BCUT2D eigenvalue weighted by Crippen LogP contribution is -2.22. The van der Waals surface area contributed by atoms with Gasteiger partial charge in [0.2, 0.25) is 0 Å². The van der Waals surface area contributed by atoms with E-state index in [0.29, 0.717) is 28.3 Å². The van der Waals surface area contributed by atoms with E-state index in [1.165, 1.54) is 24.3 Å². The van der Waals surface area contributed by atoms with E-state index < -0.39 is 11.9 Å². The average Bonchev–Trinajstić information content (AvgIpc) is 3.44. The molecule has 1 N–H and O–H groups in total. The number of anilines is 1. The number of carboxylic acid groups (broad SMARTS) is 1. The summed E-state index contributed by atoms with van der Waals surface area (Å²) in [6.07, 6.45) is 1.64. The lowest BCUT2D eigenvalue weighted by atomic mass is 10.1. The third-order valence-electron chi connectivity index (χ3n) is 5.02. The summed E-state index contributed by atoms with van der Waals surface area (Å²) in [7, 11) is 0. The quantitative estimate of drug-likeness (QED) is 0.463. The molecule has 2 heterocycles. The van der Waals surface area contributed by atoms with Crippen LogP contribution in [-0.2, 0) is 0 Å². The van der Waals surface area contributed by atoms with Crippen molar-refractivity contribution in [3.05, 3.63) is 102 Å². The van der Waals surface area contributed by atoms with E-state index in [0.717, 1.165) is 11.1 Å². The first-order valence-electron chi connectivity index (χ1n) is 9.85. The first kappa shape index (κ1) is 19.3. The number of carboxylic acids is 1. The van der Waals surface area contributed by atoms with Gasteiger partial charge in [-0.15, -0.1) is 0 Å². The second kappa shape index (κ2) is 7.88. The second-order valence-electron chi connectivity index (χ2n) is 7.14. The van der Waals surface area contributed by atoms with Gasteiger partial charge in [-0.2, -0.15) is 5.10 Å². The van der Waals surface area contributed by atoms with Crippen molar-refractivity contribution in [2.75, 3.05) is 5.32 Å². The minimum Gasteiger partial charge on any atom is -0.545 e. The molecular formula is C25H16N3O4-. The fourth-order valence-corrected chi connectivity index (χ4v) is 3.42. The Labute approximate surface area is 182 Å². The summed E-state index contributed by atoms with van der Waals surface area (Å²) in [4.78, 5) is 24.1. The zero-order chi connectivity index (χ0) is 22.1. The van der Waals surface area contributed by atoms with Gasteiger partial charge in [0.15, 0.2) is 5.76 Å². The van der Waals surface area contributed by atoms with Crippen molar-refractivity contribution in [1.29, 1.82) is 0 Å². The number of furan rings is 1. The van der Waals surface area contributed by atoms with Crippen LogP contribution in [0, 0.1) is 0 Å². The van der Waals surface area contributed by atoms with Crippen LogP contribution in [0.3, 0.4) is 0 Å². The van der Waals surface area contributed by atoms with E-state index in [-0.39, 0.29) is 5.56 Å². The maximum Gasteiger partial charge on any atom is 0.259 e. The van der Waals surface area contributed by atoms with Gasteiger partial charge in [0, 0.05) is 17.3 Å². The lowest BCUT2D eigenvalue weighted by molar-refractivity contribution is -0.255. The molecule has 0 atom stereocenters. The first-order valence-corrected chi connectivity index (χ1v) is 9.85. The van der Waals surface area contributed by atoms with Crippen LogP contribution in [0.15, 0.2) is 95.5 Å². The number of carbonyl (C=O) groups is 2. The Morgan fingerprint density at radius 1 is 0.906 bits per heavy atom. The highest BCUT2D eigenvalue weighted by Crippen LogP contribution is 2.30. The van der Waals surface area contributed by atoms with Crippen LogP contribution in [0.5, 0.6) is 0 Å². The molecule has 0 aliphatic heterocycles. The Bertz CT molecular complexity index is 1400. The van der Waals surface area contributed by atoms with Crippen molar-refractivity contribution in [1.82, 2.24) is 9.78 Å². The van der Waals surface area contributed by atoms with Gasteiger partial charge >= 0.3 is 0 Å². The third-order valence-corrected chi connectivity index (χ3v) is 5.02. The van der Waals surface area contributed by atoms with Crippen molar-refractivity contribution in [2.45, 2.75) is 0 Å². The smallest absolute Gasteiger partial charge is 0.259 e. The lowest BCUT2D eigenvalue weighted by Gasteiger charge is -2.06. The highest BCUT2D eigenvalue weighted by atomic mass is 16.4. The fourth-order valence-electron chi connectivity index (χ4n) is 3.42. The molecule has 0 saturated heterocycles. The van der Waals surface area contributed by atoms with Gasteiger partial charge < -0.3 is 19.6 Å². The van der Waals surface area contributed by atoms with Crippen LogP contribution in [0.1, 0.15) is 20.7 Å². The zero-order valence-electron chi connectivity index (χ0n) is 16.7. The molecule has 0 spiro atoms. The molecule has 3 aromatic carbocycles. The number of nitrogens with zero attached hydrogens (tertiary/aromatic N) is 2. The van der Waals surface area contributed by atoms with Gasteiger partial charge in [0.1, 0.15) is 11.3 Å². The fraction of sp³-hybridized carbons (Fsp3) is 0. The Balaban J connectivity index is 1.55. The molecule has 2 aromatic heterocycles. The highest BCUT2D eigenvalue weighted by molar-refractivity contribution is 6.08. The molecule has 0 unspecified atom stereocenters. The molecule has 7 nitrogen and oxygen atoms in total. The minimum absolute atomic E-state index is 0.0304. The summed E-state index contributed by atoms with van der Waals surface area (Å²) in [6, 6.07) is 24.6. The number of aromatic nitrogens is 2. The molecule has 0 fully saturated rings. The normalized spacial score (nSPS) is 10.9. The molecule has 0 aliphatic rings. The highest BCUT2D eigenvalue weighted by Gasteiger charge is 2.21. The Hall–Kier alpha value is -4.65. The Morgan fingerprint density at radius 2 is 1.62 bits per heavy atom. The SMILES string of the molecule is O=C([O-])c1ccc(NC(=O)c2cn(-c3ccccc3)nc2-c2cc3ccccc3o2)cc1. The maximum absolute atomic E-state index is 13.2. The molecule has 5 aromatic rings. The van der Waals surface area contributed by atoms with Gasteiger partial charge in [-0.05, 0) is 42.0 Å². The molecule has 0 bridgehead atoms. The van der Waals surface area contributed by atoms with E-state index in [2.05, 4.69) is 10.4 Å². The van der Waals surface area contributed by atoms with Crippen LogP contribution >= 0.6 is 0 Å². The minimum atomic E-state index is -1.28. The van der Waals surface area contributed by atoms with E-state index >= 15 is 0 Å². The van der Waals surface area contributed by atoms with Crippen molar-refractivity contribution >= 4 is 28.5 Å². The summed E-state index contributed by atoms with van der Waals surface area (Å²) >= 11 is 0. The van der Waals surface area contributed by atoms with Crippen molar-refractivity contribution in [3.63, 3.8) is 0 Å². The summed E-state index contributed by atoms with van der Waals surface area (Å²) in [6.45, 7) is 0. The molecule has 156 valence electrons. The predicted octanol–water partition coefficient (Wildman–Crippen LogP) is 3.90. The van der Waals surface area contributed by atoms with Gasteiger partial charge in [0.25, 0.3) is 5.91 Å². The monoisotopic (exact) mass is 422 g/mol. The first-order chi connectivity index (χ1) is 15.6. The molecule has 0 aliphatic carbocycles. The largest absolute Gasteiger partial charge is 0.545 e. The number of rotatable bonds is 5. The van der Waals surface area contributed by atoms with Crippen LogP contribution in [-0.4, -0.2) is 21.7 Å². The Morgan fingerprint density at radius 3 is 2.34 bits per heavy atom. The van der Waals surface area contributed by atoms with Crippen LogP contribution < -0.4 is 10.4 Å². The van der Waals surface area contributed by atoms with Gasteiger partial charge in [-0.3, -0.25) is 4.79 Å². The predicted molar refractivity (Wildman–Crippen MR) is 117 cm³/mol. The summed E-state index contributed by atoms with van der Waals surface area (Å²) in [5, 5.41) is 19.3. The zero-order valence-corrected chi connectivity index (χ0v) is 16.7. The molecule has 1 amide bonds. The van der Waals surface area contributed by atoms with E-state index in [9.17, 15) is 14.7 Å². The van der Waals surface area contributed by atoms with Gasteiger partial charge in [-0.1, -0.05) is 48.5 Å². The number of amides is 1. The molecule has 5 rings (SSSR count). The molecular weight excluding hydrogens is 406 g/mol. The molecule has 32 heavy (non-hydrogen) atoms. The topological polar surface area (TPSA) is 100 Å². The number of fused-ring (bicyclic) bond motifs is 1. The van der Waals surface area contributed by atoms with E-state index in [1.807, 2.05) is 60.7 Å². The van der Waals surface area contributed by atoms with Gasteiger partial charge in [0.05, 0.1) is 17.2 Å². The van der Waals surface area contributed by atoms with Gasteiger partial charge in [-0.25, -0.2) is 4.68 Å². The summed E-state index contributed by atoms with van der Waals surface area (Å²) in [5.41, 5.74) is 2.68. The number of hydrogen-bond donors (Lipinski definition) is 1. The van der Waals surface area contributed by atoms with Crippen LogP contribution in [0.25, 0.3) is 28.1 Å². The number of nitrogens with one attached hydrogen (secondary N) is 1. The van der Waals surface area contributed by atoms with Crippen molar-refractivity contribution < 1.29 is 19.1 Å². The number of para-hydroxylation sites is 2. The number of benzene rings is 3. The summed E-state index contributed by atoms with van der Waals surface area (Å²) in [5.74, 6) is -1.21. The van der Waals surface area contributed by atoms with E-state index in [4.69, 9.17) is 4.42 Å². The molecule has 0 saturated carbocycles. The van der Waals surface area contributed by atoms with Crippen molar-refractivity contribution in [3.8, 4) is 17.1 Å². The second-order valence-corrected chi connectivity index (χ2v) is 7.14. The maximum atomic E-state index is 13.2. The summed E-state index contributed by atoms with van der Waals surface area (Å²) < 4.78 is 7.58. The standard InChI is InChI=1S/C25H17N3O4/c29-24(26-18-12-10-16(11-13-18)25(30)31)20-15-28(19-7-2-1-3-8-19)27-23(20)22-14-17-6-4-5-9-21(17)32-22/h1-15H,(H,26,29)(H,30,31)/p-1. The third kappa shape index (κ3) is 3.63. The number of hydrogen-bond acceptors (Lipinski definition) is 5. The average molecular weight is 422 g/mol. The van der Waals surface area contributed by atoms with E-state index in [1.54, 1.807) is 10.9 Å². The van der Waals surface area contributed by atoms with Crippen molar-refractivity contribution in [2.24, 2.45) is 0 Å². The van der Waals surface area contributed by atoms with Crippen LogP contribution in [0.4, 0.5) is 5.69 Å². The number of carbonyl (C=O) groups excluding carboxylic acids is 2. The Kier molecular flexibility index (Phi) is 4.76. The molecule has 0 radical (unpaired) electrons. The van der Waals surface area contributed by atoms with Crippen LogP contribution in [0.2, 0.25) is 0 Å². The molecule has 7 heteroatoms. The number of aromatic carboxylic acids is 1.